The first-order valence-electron chi connectivity index (χ1n) is 6.96. The van der Waals surface area contributed by atoms with Gasteiger partial charge in [0.15, 0.2) is 0 Å². The molecule has 2 unspecified atom stereocenters. The molecule has 0 bridgehead atoms. The molecule has 20 heavy (non-hydrogen) atoms. The summed E-state index contributed by atoms with van der Waals surface area (Å²) in [7, 11) is 0. The van der Waals surface area contributed by atoms with Crippen molar-refractivity contribution in [2.24, 2.45) is 5.92 Å². The van der Waals surface area contributed by atoms with Crippen LogP contribution in [-0.2, 0) is 6.54 Å². The number of aliphatic hydroxyl groups excluding tert-OH is 1. The van der Waals surface area contributed by atoms with Gasteiger partial charge in [-0.2, -0.15) is 0 Å². The molecule has 1 fully saturated rings. The number of carboxylic acids is 1. The highest BCUT2D eigenvalue weighted by atomic mass is 19.1. The molecular formula is C15H20FNO3. The number of hydrogen-bond acceptors (Lipinski definition) is 3. The van der Waals surface area contributed by atoms with Gasteiger partial charge in [-0.15, -0.1) is 0 Å². The van der Waals surface area contributed by atoms with Gasteiger partial charge in [0.25, 0.3) is 0 Å². The van der Waals surface area contributed by atoms with E-state index in [1.165, 1.54) is 18.2 Å². The number of nitrogens with one attached hydrogen (secondary N) is 1. The van der Waals surface area contributed by atoms with Crippen LogP contribution in [0.1, 0.15) is 41.6 Å². The van der Waals surface area contributed by atoms with E-state index in [1.54, 1.807) is 0 Å². The van der Waals surface area contributed by atoms with Crippen molar-refractivity contribution in [3.8, 4) is 0 Å². The second kappa shape index (κ2) is 6.81. The lowest BCUT2D eigenvalue weighted by molar-refractivity contribution is 0.0696. The molecule has 0 spiro atoms. The van der Waals surface area contributed by atoms with Crippen molar-refractivity contribution in [3.63, 3.8) is 0 Å². The van der Waals surface area contributed by atoms with Crippen LogP contribution >= 0.6 is 0 Å². The quantitative estimate of drug-likeness (QED) is 0.773. The summed E-state index contributed by atoms with van der Waals surface area (Å²) in [5, 5.41) is 21.6. The maximum Gasteiger partial charge on any atom is 0.335 e. The van der Waals surface area contributed by atoms with Crippen LogP contribution in [-0.4, -0.2) is 28.8 Å². The lowest BCUT2D eigenvalue weighted by Crippen LogP contribution is -2.29. The van der Waals surface area contributed by atoms with E-state index in [9.17, 15) is 14.3 Å². The van der Waals surface area contributed by atoms with Crippen LogP contribution in [0, 0.1) is 11.7 Å². The van der Waals surface area contributed by atoms with E-state index in [0.29, 0.717) is 24.6 Å². The zero-order chi connectivity index (χ0) is 14.5. The Kier molecular flexibility index (Phi) is 5.09. The summed E-state index contributed by atoms with van der Waals surface area (Å²) in [4.78, 5) is 10.9. The Labute approximate surface area is 117 Å². The van der Waals surface area contributed by atoms with Gasteiger partial charge in [0.1, 0.15) is 5.82 Å². The minimum absolute atomic E-state index is 0.0938. The van der Waals surface area contributed by atoms with E-state index in [-0.39, 0.29) is 11.7 Å². The molecule has 1 aromatic rings. The minimum Gasteiger partial charge on any atom is -0.478 e. The van der Waals surface area contributed by atoms with Gasteiger partial charge < -0.3 is 15.5 Å². The van der Waals surface area contributed by atoms with Crippen LogP contribution in [0.3, 0.4) is 0 Å². The molecule has 1 aromatic carbocycles. The molecule has 0 aromatic heterocycles. The molecule has 1 saturated carbocycles. The first kappa shape index (κ1) is 14.9. The Bertz CT molecular complexity index is 478. The molecule has 1 aliphatic carbocycles. The molecule has 0 saturated heterocycles. The largest absolute Gasteiger partial charge is 0.478 e. The highest BCUT2D eigenvalue weighted by Gasteiger charge is 2.19. The second-order valence-electron chi connectivity index (χ2n) is 5.43. The minimum atomic E-state index is -1.05. The summed E-state index contributed by atoms with van der Waals surface area (Å²) in [5.74, 6) is -1.04. The van der Waals surface area contributed by atoms with Crippen LogP contribution in [0.2, 0.25) is 0 Å². The van der Waals surface area contributed by atoms with Gasteiger partial charge in [-0.1, -0.05) is 6.42 Å². The van der Waals surface area contributed by atoms with Crippen molar-refractivity contribution < 1.29 is 19.4 Å². The molecule has 2 rings (SSSR count). The summed E-state index contributed by atoms with van der Waals surface area (Å²) >= 11 is 0. The van der Waals surface area contributed by atoms with Crippen LogP contribution in [0.5, 0.6) is 0 Å². The molecule has 0 amide bonds. The Morgan fingerprint density at radius 1 is 1.40 bits per heavy atom. The van der Waals surface area contributed by atoms with Crippen LogP contribution in [0.15, 0.2) is 18.2 Å². The fourth-order valence-electron chi connectivity index (χ4n) is 2.70. The SMILES string of the molecule is O=C(O)c1ccc(F)c(CNCC2CCCC(O)C2)c1. The standard InChI is InChI=1S/C15H20FNO3/c16-14-5-4-11(15(19)20)7-12(14)9-17-8-10-2-1-3-13(18)6-10/h4-5,7,10,13,17-18H,1-3,6,8-9H2,(H,19,20). The first-order chi connectivity index (χ1) is 9.56. The number of carboxylic acid groups (broad SMARTS) is 1. The molecule has 110 valence electrons. The third-order valence-corrected chi connectivity index (χ3v) is 3.80. The summed E-state index contributed by atoms with van der Waals surface area (Å²) in [6, 6.07) is 3.81. The van der Waals surface area contributed by atoms with Crippen molar-refractivity contribution in [1.29, 1.82) is 0 Å². The predicted molar refractivity (Wildman–Crippen MR) is 73.0 cm³/mol. The number of rotatable bonds is 5. The van der Waals surface area contributed by atoms with Crippen molar-refractivity contribution >= 4 is 5.97 Å². The van der Waals surface area contributed by atoms with Crippen LogP contribution < -0.4 is 5.32 Å². The number of benzene rings is 1. The lowest BCUT2D eigenvalue weighted by Gasteiger charge is -2.26. The second-order valence-corrected chi connectivity index (χ2v) is 5.43. The summed E-state index contributed by atoms with van der Waals surface area (Å²) < 4.78 is 13.6. The van der Waals surface area contributed by atoms with Crippen molar-refractivity contribution in [2.45, 2.75) is 38.3 Å². The van der Waals surface area contributed by atoms with Gasteiger partial charge in [0.05, 0.1) is 11.7 Å². The molecule has 2 atom stereocenters. The summed E-state index contributed by atoms with van der Waals surface area (Å²) in [5.41, 5.74) is 0.456. The monoisotopic (exact) mass is 281 g/mol. The average Bonchev–Trinajstić information content (AvgIpc) is 2.40. The average molecular weight is 281 g/mol. The van der Waals surface area contributed by atoms with Gasteiger partial charge in [0.2, 0.25) is 0 Å². The summed E-state index contributed by atoms with van der Waals surface area (Å²) in [6.45, 7) is 1.02. The molecular weight excluding hydrogens is 261 g/mol. The number of carbonyl (C=O) groups is 1. The van der Waals surface area contributed by atoms with Crippen molar-refractivity contribution in [3.05, 3.63) is 35.1 Å². The van der Waals surface area contributed by atoms with E-state index >= 15 is 0 Å². The zero-order valence-corrected chi connectivity index (χ0v) is 11.3. The molecule has 0 aliphatic heterocycles. The molecule has 1 aliphatic rings. The maximum atomic E-state index is 13.6. The highest BCUT2D eigenvalue weighted by molar-refractivity contribution is 5.87. The van der Waals surface area contributed by atoms with Crippen LogP contribution in [0.25, 0.3) is 0 Å². The smallest absolute Gasteiger partial charge is 0.335 e. The molecule has 0 radical (unpaired) electrons. The van der Waals surface area contributed by atoms with Crippen molar-refractivity contribution in [1.82, 2.24) is 5.32 Å². The van der Waals surface area contributed by atoms with E-state index in [4.69, 9.17) is 5.11 Å². The fourth-order valence-corrected chi connectivity index (χ4v) is 2.70. The lowest BCUT2D eigenvalue weighted by atomic mass is 9.87. The first-order valence-corrected chi connectivity index (χ1v) is 6.96. The van der Waals surface area contributed by atoms with Gasteiger partial charge in [-0.05, 0) is 49.9 Å². The number of hydrogen-bond donors (Lipinski definition) is 3. The van der Waals surface area contributed by atoms with E-state index in [0.717, 1.165) is 25.7 Å². The maximum absolute atomic E-state index is 13.6. The highest BCUT2D eigenvalue weighted by Crippen LogP contribution is 2.23. The van der Waals surface area contributed by atoms with E-state index in [2.05, 4.69) is 5.32 Å². The van der Waals surface area contributed by atoms with E-state index in [1.807, 2.05) is 0 Å². The topological polar surface area (TPSA) is 69.6 Å². The Balaban J connectivity index is 1.87. The Hall–Kier alpha value is -1.46. The third kappa shape index (κ3) is 4.02. The predicted octanol–water partition coefficient (Wildman–Crippen LogP) is 2.16. The Morgan fingerprint density at radius 3 is 2.90 bits per heavy atom. The van der Waals surface area contributed by atoms with Gasteiger partial charge in [-0.3, -0.25) is 0 Å². The molecule has 3 N–H and O–H groups in total. The molecule has 4 nitrogen and oxygen atoms in total. The number of halogens is 1. The van der Waals surface area contributed by atoms with Gasteiger partial charge >= 0.3 is 5.97 Å². The van der Waals surface area contributed by atoms with Crippen molar-refractivity contribution in [2.75, 3.05) is 6.54 Å². The third-order valence-electron chi connectivity index (χ3n) is 3.80. The normalized spacial score (nSPS) is 22.7. The number of aliphatic hydroxyl groups is 1. The van der Waals surface area contributed by atoms with E-state index < -0.39 is 11.8 Å². The van der Waals surface area contributed by atoms with Crippen LogP contribution in [0.4, 0.5) is 4.39 Å². The number of aromatic carboxylic acids is 1. The fraction of sp³-hybridized carbons (Fsp3) is 0.533. The Morgan fingerprint density at radius 2 is 2.20 bits per heavy atom. The van der Waals surface area contributed by atoms with Gasteiger partial charge in [-0.25, -0.2) is 9.18 Å². The van der Waals surface area contributed by atoms with Gasteiger partial charge in [0, 0.05) is 12.1 Å². The zero-order valence-electron chi connectivity index (χ0n) is 11.3. The molecule has 5 heteroatoms. The summed E-state index contributed by atoms with van der Waals surface area (Å²) in [6.07, 6.45) is 3.52. The molecule has 0 heterocycles.